The fraction of sp³-hybridized carbons (Fsp3) is 0.450. The summed E-state index contributed by atoms with van der Waals surface area (Å²) in [6.07, 6.45) is 1.94. The Bertz CT molecular complexity index is 1000. The number of aromatic nitrogens is 4. The summed E-state index contributed by atoms with van der Waals surface area (Å²) < 4.78 is 8.50. The molecule has 4 rings (SSSR count). The quantitative estimate of drug-likeness (QED) is 0.597. The molecule has 6 nitrogen and oxygen atoms in total. The van der Waals surface area contributed by atoms with Gasteiger partial charge in [0.2, 0.25) is 0 Å². The summed E-state index contributed by atoms with van der Waals surface area (Å²) in [5, 5.41) is 8.98. The molecule has 1 atom stereocenters. The van der Waals surface area contributed by atoms with Gasteiger partial charge in [-0.05, 0) is 56.0 Å². The molecule has 0 spiro atoms. The van der Waals surface area contributed by atoms with Crippen molar-refractivity contribution in [2.45, 2.75) is 39.7 Å². The molecule has 0 radical (unpaired) electrons. The molecule has 0 N–H and O–H groups in total. The van der Waals surface area contributed by atoms with E-state index in [9.17, 15) is 0 Å². The van der Waals surface area contributed by atoms with E-state index in [1.165, 1.54) is 16.8 Å². The molecule has 0 saturated heterocycles. The first-order chi connectivity index (χ1) is 13.0. The van der Waals surface area contributed by atoms with Gasteiger partial charge >= 0.3 is 0 Å². The number of fused-ring (bicyclic) bond motifs is 2. The van der Waals surface area contributed by atoms with Gasteiger partial charge in [0.15, 0.2) is 11.3 Å². The molecule has 1 aromatic carbocycles. The van der Waals surface area contributed by atoms with E-state index in [1.54, 1.807) is 7.11 Å². The van der Waals surface area contributed by atoms with Gasteiger partial charge in [-0.25, -0.2) is 9.67 Å². The lowest BCUT2D eigenvalue weighted by Crippen LogP contribution is -2.17. The third kappa shape index (κ3) is 3.12. The van der Waals surface area contributed by atoms with Crippen LogP contribution in [0.1, 0.15) is 36.2 Å². The molecule has 1 unspecified atom stereocenters. The highest BCUT2D eigenvalue weighted by Gasteiger charge is 2.27. The third-order valence-corrected chi connectivity index (χ3v) is 5.68. The zero-order valence-corrected chi connectivity index (χ0v) is 17.7. The Balaban J connectivity index is 1.87. The number of methoxy groups -OCH3 is 1. The summed E-state index contributed by atoms with van der Waals surface area (Å²) in [5.74, 6) is 0.896. The highest BCUT2D eigenvalue weighted by molar-refractivity contribution is 9.10. The number of hydrogen-bond donors (Lipinski definition) is 0. The van der Waals surface area contributed by atoms with Gasteiger partial charge in [-0.3, -0.25) is 0 Å². The largest absolute Gasteiger partial charge is 0.382 e. The second-order valence-electron chi connectivity index (χ2n) is 7.14. The fourth-order valence-corrected chi connectivity index (χ4v) is 4.61. The number of halogens is 1. The molecule has 3 heterocycles. The van der Waals surface area contributed by atoms with E-state index >= 15 is 0 Å². The van der Waals surface area contributed by atoms with E-state index < -0.39 is 0 Å². The number of benzene rings is 1. The Morgan fingerprint density at radius 2 is 2.07 bits per heavy atom. The molecule has 3 aromatic rings. The highest BCUT2D eigenvalue weighted by atomic mass is 79.9. The second-order valence-corrected chi connectivity index (χ2v) is 8.05. The van der Waals surface area contributed by atoms with Gasteiger partial charge in [0.25, 0.3) is 0 Å². The first-order valence-electron chi connectivity index (χ1n) is 9.31. The number of aryl methyl sites for hydroxylation is 2. The molecule has 0 saturated carbocycles. The minimum absolute atomic E-state index is 0.165. The van der Waals surface area contributed by atoms with E-state index in [-0.39, 0.29) is 6.04 Å². The van der Waals surface area contributed by atoms with Crippen molar-refractivity contribution in [2.24, 2.45) is 0 Å². The van der Waals surface area contributed by atoms with E-state index in [4.69, 9.17) is 9.72 Å². The third-order valence-electron chi connectivity index (χ3n) is 5.22. The molecule has 0 bridgehead atoms. The van der Waals surface area contributed by atoms with Crippen molar-refractivity contribution < 1.29 is 4.74 Å². The van der Waals surface area contributed by atoms with Crippen LogP contribution in [-0.4, -0.2) is 40.2 Å². The Morgan fingerprint density at radius 3 is 2.81 bits per heavy atom. The Kier molecular flexibility index (Phi) is 4.90. The van der Waals surface area contributed by atoms with Gasteiger partial charge in [-0.1, -0.05) is 28.1 Å². The van der Waals surface area contributed by atoms with Crippen LogP contribution in [0.25, 0.3) is 11.0 Å². The Morgan fingerprint density at radius 1 is 1.26 bits per heavy atom. The SMILES string of the molecule is CCC(COC)n1nnc2c(N3CCc4cc(Br)cc(C)c43)nc(C)cc21. The van der Waals surface area contributed by atoms with E-state index in [0.29, 0.717) is 6.61 Å². The molecule has 1 aliphatic heterocycles. The van der Waals surface area contributed by atoms with Gasteiger partial charge in [0, 0.05) is 29.5 Å². The maximum Gasteiger partial charge on any atom is 0.163 e. The molecular weight excluding hydrogens is 406 g/mol. The van der Waals surface area contributed by atoms with Gasteiger partial charge in [0.1, 0.15) is 0 Å². The van der Waals surface area contributed by atoms with Crippen LogP contribution < -0.4 is 4.90 Å². The van der Waals surface area contributed by atoms with Crippen LogP contribution in [0, 0.1) is 13.8 Å². The van der Waals surface area contributed by atoms with Gasteiger partial charge in [0.05, 0.1) is 18.2 Å². The second kappa shape index (κ2) is 7.20. The zero-order chi connectivity index (χ0) is 19.1. The van der Waals surface area contributed by atoms with Crippen LogP contribution in [0.4, 0.5) is 11.5 Å². The molecule has 0 amide bonds. The zero-order valence-electron chi connectivity index (χ0n) is 16.2. The van der Waals surface area contributed by atoms with Crippen molar-refractivity contribution in [2.75, 3.05) is 25.2 Å². The molecule has 0 fully saturated rings. The maximum absolute atomic E-state index is 5.38. The van der Waals surface area contributed by atoms with Crippen molar-refractivity contribution in [1.82, 2.24) is 20.0 Å². The van der Waals surface area contributed by atoms with Gasteiger partial charge < -0.3 is 9.64 Å². The predicted octanol–water partition coefficient (Wildman–Crippen LogP) is 4.50. The van der Waals surface area contributed by atoms with Crippen molar-refractivity contribution in [3.05, 3.63) is 39.5 Å². The Labute approximate surface area is 167 Å². The topological polar surface area (TPSA) is 56.1 Å². The standard InChI is InChI=1S/C20H24BrN5O/c1-5-16(11-27-4)26-17-9-13(3)22-20(18(17)23-24-26)25-7-6-14-10-15(21)8-12(2)19(14)25/h8-10,16H,5-7,11H2,1-4H3. The van der Waals surface area contributed by atoms with Crippen LogP contribution in [0.3, 0.4) is 0 Å². The summed E-state index contributed by atoms with van der Waals surface area (Å²) in [7, 11) is 1.72. The molecule has 1 aliphatic rings. The average Bonchev–Trinajstić information content (AvgIpc) is 3.23. The van der Waals surface area contributed by atoms with Crippen molar-refractivity contribution >= 4 is 38.5 Å². The molecule has 142 valence electrons. The molecule has 0 aliphatic carbocycles. The predicted molar refractivity (Wildman–Crippen MR) is 111 cm³/mol. The van der Waals surface area contributed by atoms with Crippen molar-refractivity contribution in [3.63, 3.8) is 0 Å². The minimum atomic E-state index is 0.165. The Hall–Kier alpha value is -1.99. The summed E-state index contributed by atoms with van der Waals surface area (Å²) in [4.78, 5) is 7.15. The summed E-state index contributed by atoms with van der Waals surface area (Å²) in [6.45, 7) is 7.84. The van der Waals surface area contributed by atoms with E-state index in [0.717, 1.165) is 46.4 Å². The van der Waals surface area contributed by atoms with Crippen LogP contribution in [0.5, 0.6) is 0 Å². The summed E-state index contributed by atoms with van der Waals surface area (Å²) >= 11 is 3.61. The van der Waals surface area contributed by atoms with Crippen molar-refractivity contribution in [3.8, 4) is 0 Å². The number of hydrogen-bond acceptors (Lipinski definition) is 5. The fourth-order valence-electron chi connectivity index (χ4n) is 3.99. The number of ether oxygens (including phenoxy) is 1. The van der Waals surface area contributed by atoms with Crippen LogP contribution in [0.15, 0.2) is 22.7 Å². The lowest BCUT2D eigenvalue weighted by atomic mass is 10.1. The number of rotatable bonds is 5. The minimum Gasteiger partial charge on any atom is -0.382 e. The van der Waals surface area contributed by atoms with Crippen LogP contribution in [0.2, 0.25) is 0 Å². The maximum atomic E-state index is 5.38. The van der Waals surface area contributed by atoms with E-state index in [1.807, 2.05) is 11.6 Å². The van der Waals surface area contributed by atoms with Crippen LogP contribution >= 0.6 is 15.9 Å². The van der Waals surface area contributed by atoms with Crippen LogP contribution in [-0.2, 0) is 11.2 Å². The number of nitrogens with zero attached hydrogens (tertiary/aromatic N) is 5. The molecule has 27 heavy (non-hydrogen) atoms. The van der Waals surface area contributed by atoms with Gasteiger partial charge in [-0.2, -0.15) is 0 Å². The van der Waals surface area contributed by atoms with Crippen molar-refractivity contribution in [1.29, 1.82) is 0 Å². The first-order valence-corrected chi connectivity index (χ1v) is 10.1. The normalized spacial score (nSPS) is 14.8. The monoisotopic (exact) mass is 429 g/mol. The van der Waals surface area contributed by atoms with E-state index in [2.05, 4.69) is 63.2 Å². The number of pyridine rings is 1. The molecule has 7 heteroatoms. The first kappa shape index (κ1) is 18.4. The molecule has 2 aromatic heterocycles. The smallest absolute Gasteiger partial charge is 0.163 e. The summed E-state index contributed by atoms with van der Waals surface area (Å²) in [5.41, 5.74) is 6.67. The number of anilines is 2. The average molecular weight is 430 g/mol. The summed E-state index contributed by atoms with van der Waals surface area (Å²) in [6, 6.07) is 6.60. The lowest BCUT2D eigenvalue weighted by molar-refractivity contribution is 0.148. The molecular formula is C20H24BrN5O. The highest BCUT2D eigenvalue weighted by Crippen LogP contribution is 2.40. The van der Waals surface area contributed by atoms with Gasteiger partial charge in [-0.15, -0.1) is 5.10 Å². The lowest BCUT2D eigenvalue weighted by Gasteiger charge is -2.21.